The molecule has 0 saturated heterocycles. The smallest absolute Gasteiger partial charge is 0.133 e. The van der Waals surface area contributed by atoms with Crippen LogP contribution in [-0.4, -0.2) is 23.3 Å². The van der Waals surface area contributed by atoms with Gasteiger partial charge in [-0.1, -0.05) is 6.07 Å². The fraction of sp³-hybridized carbons (Fsp3) is 0.417. The largest absolute Gasteiger partial charge is 0.507 e. The second-order valence-corrected chi connectivity index (χ2v) is 4.02. The molecule has 2 rings (SSSR count). The Labute approximate surface area is 94.1 Å². The summed E-state index contributed by atoms with van der Waals surface area (Å²) in [6.45, 7) is 0. The van der Waals surface area contributed by atoms with E-state index in [1.807, 2.05) is 13.1 Å². The molecule has 3 N–H and O–H groups in total. The van der Waals surface area contributed by atoms with Crippen LogP contribution in [0.15, 0.2) is 12.1 Å². The quantitative estimate of drug-likeness (QED) is 0.652. The SMILES string of the molecule is CNC1CCc2c(ccc(O)c2C#N)C1O. The second kappa shape index (κ2) is 4.12. The molecule has 0 heterocycles. The van der Waals surface area contributed by atoms with Gasteiger partial charge in [-0.3, -0.25) is 0 Å². The Balaban J connectivity index is 2.52. The van der Waals surface area contributed by atoms with Crippen LogP contribution in [0.1, 0.15) is 29.2 Å². The van der Waals surface area contributed by atoms with Crippen molar-refractivity contribution in [1.82, 2.24) is 5.32 Å². The van der Waals surface area contributed by atoms with E-state index in [0.29, 0.717) is 12.0 Å². The Morgan fingerprint density at radius 3 is 2.88 bits per heavy atom. The molecule has 0 saturated carbocycles. The van der Waals surface area contributed by atoms with Crippen molar-refractivity contribution >= 4 is 0 Å². The van der Waals surface area contributed by atoms with Crippen LogP contribution < -0.4 is 5.32 Å². The average molecular weight is 218 g/mol. The first kappa shape index (κ1) is 10.9. The van der Waals surface area contributed by atoms with Gasteiger partial charge in [0, 0.05) is 6.04 Å². The molecule has 0 amide bonds. The number of aliphatic hydroxyl groups excluding tert-OH is 1. The summed E-state index contributed by atoms with van der Waals surface area (Å²) in [6, 6.07) is 5.18. The van der Waals surface area contributed by atoms with Crippen molar-refractivity contribution in [3.05, 3.63) is 28.8 Å². The third-order valence-corrected chi connectivity index (χ3v) is 3.21. The van der Waals surface area contributed by atoms with Crippen LogP contribution in [0.25, 0.3) is 0 Å². The van der Waals surface area contributed by atoms with E-state index in [0.717, 1.165) is 17.5 Å². The van der Waals surface area contributed by atoms with E-state index in [-0.39, 0.29) is 11.8 Å². The van der Waals surface area contributed by atoms with Crippen molar-refractivity contribution in [1.29, 1.82) is 5.26 Å². The van der Waals surface area contributed by atoms with Gasteiger partial charge in [-0.2, -0.15) is 5.26 Å². The molecule has 16 heavy (non-hydrogen) atoms. The van der Waals surface area contributed by atoms with Gasteiger partial charge in [0.2, 0.25) is 0 Å². The number of nitrogens with zero attached hydrogens (tertiary/aromatic N) is 1. The molecule has 1 aliphatic carbocycles. The number of nitrogens with one attached hydrogen (secondary N) is 1. The molecule has 0 aromatic heterocycles. The number of aromatic hydroxyl groups is 1. The number of fused-ring (bicyclic) bond motifs is 1. The van der Waals surface area contributed by atoms with Gasteiger partial charge >= 0.3 is 0 Å². The molecule has 2 atom stereocenters. The second-order valence-electron chi connectivity index (χ2n) is 4.02. The van der Waals surface area contributed by atoms with Gasteiger partial charge in [0.1, 0.15) is 11.8 Å². The van der Waals surface area contributed by atoms with Crippen LogP contribution in [0.5, 0.6) is 5.75 Å². The monoisotopic (exact) mass is 218 g/mol. The van der Waals surface area contributed by atoms with Crippen molar-refractivity contribution in [3.63, 3.8) is 0 Å². The number of phenolic OH excluding ortho intramolecular Hbond substituents is 1. The topological polar surface area (TPSA) is 76.3 Å². The standard InChI is InChI=1S/C12H14N2O2/c1-14-10-4-2-7-8(12(10)16)3-5-11(15)9(7)6-13/h3,5,10,12,14-16H,2,4H2,1H3. The number of rotatable bonds is 1. The van der Waals surface area contributed by atoms with Crippen molar-refractivity contribution in [2.45, 2.75) is 25.0 Å². The minimum Gasteiger partial charge on any atom is -0.507 e. The number of phenols is 1. The molecule has 0 spiro atoms. The molecule has 1 aliphatic rings. The highest BCUT2D eigenvalue weighted by Crippen LogP contribution is 2.35. The Morgan fingerprint density at radius 1 is 1.50 bits per heavy atom. The highest BCUT2D eigenvalue weighted by molar-refractivity contribution is 5.53. The van der Waals surface area contributed by atoms with Gasteiger partial charge in [-0.25, -0.2) is 0 Å². The first-order chi connectivity index (χ1) is 7.69. The Hall–Kier alpha value is -1.57. The maximum atomic E-state index is 10.1. The normalized spacial score (nSPS) is 23.6. The lowest BCUT2D eigenvalue weighted by Crippen LogP contribution is -2.36. The van der Waals surface area contributed by atoms with Crippen molar-refractivity contribution < 1.29 is 10.2 Å². The minimum absolute atomic E-state index is 0.00337. The number of likely N-dealkylation sites (N-methyl/N-ethyl adjacent to an activating group) is 1. The number of aliphatic hydroxyl groups is 1. The van der Waals surface area contributed by atoms with Crippen LogP contribution in [0.3, 0.4) is 0 Å². The van der Waals surface area contributed by atoms with E-state index >= 15 is 0 Å². The summed E-state index contributed by atoms with van der Waals surface area (Å²) in [5.41, 5.74) is 1.83. The van der Waals surface area contributed by atoms with Crippen LogP contribution in [0.4, 0.5) is 0 Å². The van der Waals surface area contributed by atoms with Gasteiger partial charge in [0.05, 0.1) is 11.7 Å². The lowest BCUT2D eigenvalue weighted by molar-refractivity contribution is 0.119. The van der Waals surface area contributed by atoms with Crippen LogP contribution in [0, 0.1) is 11.3 Å². The van der Waals surface area contributed by atoms with Crippen molar-refractivity contribution in [3.8, 4) is 11.8 Å². The highest BCUT2D eigenvalue weighted by Gasteiger charge is 2.29. The molecular formula is C12H14N2O2. The summed E-state index contributed by atoms with van der Waals surface area (Å²) in [4.78, 5) is 0. The molecule has 0 radical (unpaired) electrons. The van der Waals surface area contributed by atoms with Gasteiger partial charge in [0.15, 0.2) is 0 Å². The summed E-state index contributed by atoms with van der Waals surface area (Å²) in [7, 11) is 1.81. The molecule has 84 valence electrons. The van der Waals surface area contributed by atoms with E-state index in [9.17, 15) is 10.2 Å². The Morgan fingerprint density at radius 2 is 2.25 bits per heavy atom. The molecule has 2 unspecified atom stereocenters. The Kier molecular flexibility index (Phi) is 2.82. The third-order valence-electron chi connectivity index (χ3n) is 3.21. The maximum absolute atomic E-state index is 10.1. The van der Waals surface area contributed by atoms with Crippen molar-refractivity contribution in [2.24, 2.45) is 0 Å². The lowest BCUT2D eigenvalue weighted by Gasteiger charge is -2.30. The summed E-state index contributed by atoms with van der Waals surface area (Å²) in [6.07, 6.45) is 0.860. The van der Waals surface area contributed by atoms with Crippen LogP contribution in [0.2, 0.25) is 0 Å². The van der Waals surface area contributed by atoms with E-state index < -0.39 is 6.10 Å². The van der Waals surface area contributed by atoms with E-state index in [1.54, 1.807) is 6.07 Å². The molecule has 0 fully saturated rings. The summed E-state index contributed by atoms with van der Waals surface area (Å²) in [5, 5.41) is 31.7. The zero-order valence-corrected chi connectivity index (χ0v) is 9.07. The Bertz CT molecular complexity index is 451. The molecule has 4 nitrogen and oxygen atoms in total. The minimum atomic E-state index is -0.610. The first-order valence-electron chi connectivity index (χ1n) is 5.29. The molecule has 0 bridgehead atoms. The fourth-order valence-electron chi connectivity index (χ4n) is 2.30. The van der Waals surface area contributed by atoms with Gasteiger partial charge in [-0.15, -0.1) is 0 Å². The molecule has 1 aromatic carbocycles. The lowest BCUT2D eigenvalue weighted by atomic mass is 9.83. The highest BCUT2D eigenvalue weighted by atomic mass is 16.3. The fourth-order valence-corrected chi connectivity index (χ4v) is 2.30. The molecule has 4 heteroatoms. The predicted molar refractivity (Wildman–Crippen MR) is 59.0 cm³/mol. The maximum Gasteiger partial charge on any atom is 0.133 e. The summed E-state index contributed by atoms with van der Waals surface area (Å²) >= 11 is 0. The van der Waals surface area contributed by atoms with E-state index in [2.05, 4.69) is 5.32 Å². The van der Waals surface area contributed by atoms with Gasteiger partial charge in [0.25, 0.3) is 0 Å². The first-order valence-corrected chi connectivity index (χ1v) is 5.29. The predicted octanol–water partition coefficient (Wildman–Crippen LogP) is 0.831. The average Bonchev–Trinajstić information content (AvgIpc) is 2.29. The number of hydrogen-bond donors (Lipinski definition) is 3. The van der Waals surface area contributed by atoms with Gasteiger partial charge in [-0.05, 0) is 37.1 Å². The van der Waals surface area contributed by atoms with E-state index in [1.165, 1.54) is 6.07 Å². The number of nitriles is 1. The van der Waals surface area contributed by atoms with Crippen molar-refractivity contribution in [2.75, 3.05) is 7.05 Å². The number of benzene rings is 1. The number of hydrogen-bond acceptors (Lipinski definition) is 4. The zero-order chi connectivity index (χ0) is 11.7. The molecule has 0 aliphatic heterocycles. The summed E-state index contributed by atoms with van der Waals surface area (Å²) in [5.74, 6) is -0.00337. The summed E-state index contributed by atoms with van der Waals surface area (Å²) < 4.78 is 0. The molecule has 1 aromatic rings. The van der Waals surface area contributed by atoms with Crippen LogP contribution in [-0.2, 0) is 6.42 Å². The third kappa shape index (κ3) is 1.54. The van der Waals surface area contributed by atoms with Crippen LogP contribution >= 0.6 is 0 Å². The van der Waals surface area contributed by atoms with E-state index in [4.69, 9.17) is 5.26 Å². The zero-order valence-electron chi connectivity index (χ0n) is 9.07. The molecular weight excluding hydrogens is 204 g/mol. The van der Waals surface area contributed by atoms with Gasteiger partial charge < -0.3 is 15.5 Å².